The number of hydrogen-bond acceptors (Lipinski definition) is 4. The van der Waals surface area contributed by atoms with E-state index in [4.69, 9.17) is 9.47 Å². The molecular weight excluding hydrogens is 228 g/mol. The van der Waals surface area contributed by atoms with Crippen LogP contribution in [0.25, 0.3) is 0 Å². The zero-order valence-corrected chi connectivity index (χ0v) is 11.2. The van der Waals surface area contributed by atoms with Gasteiger partial charge in [-0.15, -0.1) is 0 Å². The van der Waals surface area contributed by atoms with Crippen LogP contribution in [0.1, 0.15) is 31.4 Å². The zero-order chi connectivity index (χ0) is 12.8. The van der Waals surface area contributed by atoms with E-state index in [0.717, 1.165) is 30.6 Å². The monoisotopic (exact) mass is 250 g/mol. The molecule has 100 valence electrons. The predicted octanol–water partition coefficient (Wildman–Crippen LogP) is 2.60. The fraction of sp³-hybridized carbons (Fsp3) is 0.643. The lowest BCUT2D eigenvalue weighted by Crippen LogP contribution is -2.27. The lowest BCUT2D eigenvalue weighted by atomic mass is 9.95. The Morgan fingerprint density at radius 1 is 1.39 bits per heavy atom. The maximum absolute atomic E-state index is 5.93. The van der Waals surface area contributed by atoms with Gasteiger partial charge in [0.25, 0.3) is 0 Å². The van der Waals surface area contributed by atoms with E-state index in [1.807, 2.05) is 25.4 Å². The van der Waals surface area contributed by atoms with Gasteiger partial charge in [0.05, 0.1) is 24.5 Å². The zero-order valence-electron chi connectivity index (χ0n) is 11.2. The van der Waals surface area contributed by atoms with E-state index >= 15 is 0 Å². The van der Waals surface area contributed by atoms with E-state index in [1.165, 1.54) is 6.42 Å². The highest BCUT2D eigenvalue weighted by molar-refractivity contribution is 5.42. The quantitative estimate of drug-likeness (QED) is 0.872. The predicted molar refractivity (Wildman–Crippen MR) is 71.6 cm³/mol. The smallest absolute Gasteiger partial charge is 0.0892 e. The average molecular weight is 250 g/mol. The van der Waals surface area contributed by atoms with Gasteiger partial charge in [-0.2, -0.15) is 0 Å². The van der Waals surface area contributed by atoms with Gasteiger partial charge in [0.2, 0.25) is 0 Å². The van der Waals surface area contributed by atoms with Crippen molar-refractivity contribution in [2.45, 2.75) is 44.5 Å². The molecule has 2 unspecified atom stereocenters. The van der Waals surface area contributed by atoms with E-state index in [9.17, 15) is 0 Å². The molecule has 1 saturated carbocycles. The first-order valence-electron chi connectivity index (χ1n) is 6.59. The van der Waals surface area contributed by atoms with Crippen LogP contribution in [-0.4, -0.2) is 31.3 Å². The normalized spacial score (nSPS) is 23.9. The first-order chi connectivity index (χ1) is 8.81. The number of nitrogens with zero attached hydrogens (tertiary/aromatic N) is 1. The number of nitrogens with one attached hydrogen (secondary N) is 1. The number of ether oxygens (including phenoxy) is 2. The van der Waals surface area contributed by atoms with Gasteiger partial charge < -0.3 is 14.8 Å². The van der Waals surface area contributed by atoms with Gasteiger partial charge >= 0.3 is 0 Å². The van der Waals surface area contributed by atoms with Crippen molar-refractivity contribution in [2.75, 3.05) is 19.5 Å². The van der Waals surface area contributed by atoms with Crippen LogP contribution in [-0.2, 0) is 16.1 Å². The largest absolute Gasteiger partial charge is 0.388 e. The van der Waals surface area contributed by atoms with Gasteiger partial charge in [-0.1, -0.05) is 0 Å². The van der Waals surface area contributed by atoms with E-state index in [2.05, 4.69) is 10.3 Å². The average Bonchev–Trinajstić information content (AvgIpc) is 2.45. The molecule has 0 aromatic carbocycles. The molecule has 18 heavy (non-hydrogen) atoms. The Bertz CT molecular complexity index is 371. The molecule has 1 aromatic heterocycles. The minimum atomic E-state index is 0.309. The Morgan fingerprint density at radius 2 is 2.22 bits per heavy atom. The van der Waals surface area contributed by atoms with Crippen molar-refractivity contribution in [3.63, 3.8) is 0 Å². The summed E-state index contributed by atoms with van der Waals surface area (Å²) in [6, 6.07) is 3.97. The molecule has 0 radical (unpaired) electrons. The summed E-state index contributed by atoms with van der Waals surface area (Å²) >= 11 is 0. The second-order valence-electron chi connectivity index (χ2n) is 4.74. The van der Waals surface area contributed by atoms with Crippen molar-refractivity contribution in [2.24, 2.45) is 0 Å². The summed E-state index contributed by atoms with van der Waals surface area (Å²) in [5.74, 6) is 0. The molecule has 1 aromatic rings. The molecule has 0 saturated heterocycles. The van der Waals surface area contributed by atoms with Crippen molar-refractivity contribution >= 4 is 5.69 Å². The van der Waals surface area contributed by atoms with Gasteiger partial charge in [0.15, 0.2) is 0 Å². The van der Waals surface area contributed by atoms with Crippen LogP contribution in [0.5, 0.6) is 0 Å². The number of methoxy groups -OCH3 is 1. The molecule has 1 aliphatic carbocycles. The highest BCUT2D eigenvalue weighted by Gasteiger charge is 2.22. The summed E-state index contributed by atoms with van der Waals surface area (Å²) in [5.41, 5.74) is 2.04. The second kappa shape index (κ2) is 6.71. The van der Waals surface area contributed by atoms with Gasteiger partial charge in [-0.05, 0) is 37.8 Å². The van der Waals surface area contributed by atoms with Crippen LogP contribution < -0.4 is 5.32 Å². The SMILES string of the molecule is CNc1ccnc(COC2CCCC(OC)C2)c1. The Hall–Kier alpha value is -1.13. The summed E-state index contributed by atoms with van der Waals surface area (Å²) in [4.78, 5) is 4.31. The standard InChI is InChI=1S/C14H22N2O2/c1-15-11-6-7-16-12(8-11)10-18-14-5-3-4-13(9-14)17-2/h6-8,13-14H,3-5,9-10H2,1-2H3,(H,15,16). The Kier molecular flexibility index (Phi) is 4.96. The van der Waals surface area contributed by atoms with E-state index in [-0.39, 0.29) is 0 Å². The summed E-state index contributed by atoms with van der Waals surface area (Å²) < 4.78 is 11.3. The fourth-order valence-corrected chi connectivity index (χ4v) is 2.38. The topological polar surface area (TPSA) is 43.4 Å². The maximum Gasteiger partial charge on any atom is 0.0892 e. The first kappa shape index (κ1) is 13.3. The van der Waals surface area contributed by atoms with Gasteiger partial charge in [-0.25, -0.2) is 0 Å². The van der Waals surface area contributed by atoms with Crippen molar-refractivity contribution in [1.29, 1.82) is 0 Å². The van der Waals surface area contributed by atoms with Gasteiger partial charge in [-0.3, -0.25) is 4.98 Å². The maximum atomic E-state index is 5.93. The second-order valence-corrected chi connectivity index (χ2v) is 4.74. The number of aromatic nitrogens is 1. The van der Waals surface area contributed by atoms with Gasteiger partial charge in [0.1, 0.15) is 0 Å². The van der Waals surface area contributed by atoms with Crippen LogP contribution >= 0.6 is 0 Å². The first-order valence-corrected chi connectivity index (χ1v) is 6.59. The minimum absolute atomic E-state index is 0.309. The molecule has 4 nitrogen and oxygen atoms in total. The van der Waals surface area contributed by atoms with E-state index < -0.39 is 0 Å². The van der Waals surface area contributed by atoms with Crippen molar-refractivity contribution in [3.8, 4) is 0 Å². The molecule has 2 atom stereocenters. The highest BCUT2D eigenvalue weighted by Crippen LogP contribution is 2.23. The molecule has 1 fully saturated rings. The van der Waals surface area contributed by atoms with E-state index in [0.29, 0.717) is 18.8 Å². The molecular formula is C14H22N2O2. The van der Waals surface area contributed by atoms with Crippen LogP contribution in [0, 0.1) is 0 Å². The van der Waals surface area contributed by atoms with Crippen molar-refractivity contribution in [3.05, 3.63) is 24.0 Å². The Balaban J connectivity index is 1.83. The van der Waals surface area contributed by atoms with Crippen molar-refractivity contribution < 1.29 is 9.47 Å². The molecule has 2 rings (SSSR count). The molecule has 0 spiro atoms. The molecule has 4 heteroatoms. The Labute approximate surface area is 109 Å². The lowest BCUT2D eigenvalue weighted by molar-refractivity contribution is -0.0371. The fourth-order valence-electron chi connectivity index (χ4n) is 2.38. The molecule has 1 N–H and O–H groups in total. The number of anilines is 1. The third kappa shape index (κ3) is 3.68. The summed E-state index contributed by atoms with van der Waals surface area (Å²) in [7, 11) is 3.69. The number of pyridine rings is 1. The molecule has 1 heterocycles. The Morgan fingerprint density at radius 3 is 3.00 bits per heavy atom. The van der Waals surface area contributed by atoms with Crippen molar-refractivity contribution in [1.82, 2.24) is 4.98 Å². The third-order valence-electron chi connectivity index (χ3n) is 3.48. The van der Waals surface area contributed by atoms with Crippen LogP contribution in [0.15, 0.2) is 18.3 Å². The number of hydrogen-bond donors (Lipinski definition) is 1. The lowest BCUT2D eigenvalue weighted by Gasteiger charge is -2.28. The van der Waals surface area contributed by atoms with Crippen LogP contribution in [0.4, 0.5) is 5.69 Å². The summed E-state index contributed by atoms with van der Waals surface area (Å²) in [6.45, 7) is 0.580. The van der Waals surface area contributed by atoms with Crippen LogP contribution in [0.2, 0.25) is 0 Å². The molecule has 0 aliphatic heterocycles. The molecule has 1 aliphatic rings. The van der Waals surface area contributed by atoms with E-state index in [1.54, 1.807) is 7.11 Å². The minimum Gasteiger partial charge on any atom is -0.388 e. The molecule has 0 amide bonds. The summed E-state index contributed by atoms with van der Waals surface area (Å²) in [6.07, 6.45) is 6.96. The summed E-state index contributed by atoms with van der Waals surface area (Å²) in [5, 5.41) is 3.11. The third-order valence-corrected chi connectivity index (χ3v) is 3.48. The highest BCUT2D eigenvalue weighted by atomic mass is 16.5. The number of rotatable bonds is 5. The van der Waals surface area contributed by atoms with Crippen LogP contribution in [0.3, 0.4) is 0 Å². The molecule has 0 bridgehead atoms. The van der Waals surface area contributed by atoms with Gasteiger partial charge in [0, 0.05) is 26.0 Å².